The van der Waals surface area contributed by atoms with Crippen molar-refractivity contribution in [3.8, 4) is 0 Å². The third kappa shape index (κ3) is 3.43. The number of hydrogen-bond acceptors (Lipinski definition) is 4. The van der Waals surface area contributed by atoms with Gasteiger partial charge in [0.15, 0.2) is 0 Å². The fourth-order valence-electron chi connectivity index (χ4n) is 2.66. The third-order valence-corrected chi connectivity index (χ3v) is 4.37. The van der Waals surface area contributed by atoms with Crippen molar-refractivity contribution in [1.82, 2.24) is 15.1 Å². The van der Waals surface area contributed by atoms with Crippen LogP contribution in [0.5, 0.6) is 0 Å². The molecular weight excluding hydrogens is 228 g/mol. The van der Waals surface area contributed by atoms with E-state index in [4.69, 9.17) is 5.73 Å². The Hall–Kier alpha value is -0.650. The van der Waals surface area contributed by atoms with E-state index in [9.17, 15) is 4.79 Å². The van der Waals surface area contributed by atoms with E-state index in [1.165, 1.54) is 19.3 Å². The summed E-state index contributed by atoms with van der Waals surface area (Å²) in [4.78, 5) is 16.0. The van der Waals surface area contributed by atoms with Crippen LogP contribution in [0, 0.1) is 0 Å². The molecule has 1 saturated carbocycles. The smallest absolute Gasteiger partial charge is 0.221 e. The molecule has 1 unspecified atom stereocenters. The molecule has 1 fully saturated rings. The summed E-state index contributed by atoms with van der Waals surface area (Å²) in [5.74, 6) is 0.0600. The SMILES string of the molecule is CNC(=O)CC(CN)N(C)CC1(N(C)C)CCC1. The minimum Gasteiger partial charge on any atom is -0.359 e. The van der Waals surface area contributed by atoms with Gasteiger partial charge in [0.25, 0.3) is 0 Å². The van der Waals surface area contributed by atoms with Crippen LogP contribution in [0.1, 0.15) is 25.7 Å². The van der Waals surface area contributed by atoms with E-state index in [0.717, 1.165) is 6.54 Å². The van der Waals surface area contributed by atoms with E-state index in [1.54, 1.807) is 7.05 Å². The Morgan fingerprint density at radius 3 is 2.33 bits per heavy atom. The lowest BCUT2D eigenvalue weighted by Crippen LogP contribution is -2.59. The molecule has 0 heterocycles. The standard InChI is InChI=1S/C13H28N4O/c1-15-12(18)8-11(9-14)17(4)10-13(16(2)3)6-5-7-13/h11H,5-10,14H2,1-4H3,(H,15,18). The van der Waals surface area contributed by atoms with Crippen molar-refractivity contribution >= 4 is 5.91 Å². The molecule has 106 valence electrons. The van der Waals surface area contributed by atoms with E-state index < -0.39 is 0 Å². The minimum atomic E-state index is 0.0600. The zero-order valence-corrected chi connectivity index (χ0v) is 12.2. The zero-order valence-electron chi connectivity index (χ0n) is 12.2. The predicted molar refractivity (Wildman–Crippen MR) is 74.4 cm³/mol. The van der Waals surface area contributed by atoms with Crippen LogP contribution in [0.4, 0.5) is 0 Å². The van der Waals surface area contributed by atoms with Gasteiger partial charge in [-0.2, -0.15) is 0 Å². The summed E-state index contributed by atoms with van der Waals surface area (Å²) in [6.07, 6.45) is 4.25. The largest absolute Gasteiger partial charge is 0.359 e. The van der Waals surface area contributed by atoms with Crippen LogP contribution in [-0.4, -0.2) is 68.6 Å². The summed E-state index contributed by atoms with van der Waals surface area (Å²) in [5.41, 5.74) is 6.08. The minimum absolute atomic E-state index is 0.0600. The van der Waals surface area contributed by atoms with Crippen LogP contribution >= 0.6 is 0 Å². The molecule has 1 atom stereocenters. The van der Waals surface area contributed by atoms with Crippen molar-refractivity contribution in [2.75, 3.05) is 41.3 Å². The maximum Gasteiger partial charge on any atom is 0.221 e. The number of rotatable bonds is 7. The molecule has 0 radical (unpaired) electrons. The van der Waals surface area contributed by atoms with Gasteiger partial charge < -0.3 is 16.0 Å². The molecule has 1 amide bonds. The molecule has 1 aliphatic carbocycles. The average Bonchev–Trinajstić information content (AvgIpc) is 2.29. The number of hydrogen-bond donors (Lipinski definition) is 2. The van der Waals surface area contributed by atoms with Gasteiger partial charge >= 0.3 is 0 Å². The molecule has 5 nitrogen and oxygen atoms in total. The Kier molecular flexibility index (Phi) is 5.56. The molecule has 5 heteroatoms. The fourth-order valence-corrected chi connectivity index (χ4v) is 2.66. The number of nitrogens with one attached hydrogen (secondary N) is 1. The normalized spacial score (nSPS) is 19.7. The molecule has 0 aromatic heterocycles. The summed E-state index contributed by atoms with van der Waals surface area (Å²) in [5, 5.41) is 2.67. The third-order valence-electron chi connectivity index (χ3n) is 4.37. The first-order valence-corrected chi connectivity index (χ1v) is 6.73. The highest BCUT2D eigenvalue weighted by atomic mass is 16.1. The first kappa shape index (κ1) is 15.4. The van der Waals surface area contributed by atoms with Gasteiger partial charge in [-0.25, -0.2) is 0 Å². The van der Waals surface area contributed by atoms with E-state index in [-0.39, 0.29) is 17.5 Å². The number of amides is 1. The van der Waals surface area contributed by atoms with Crippen molar-refractivity contribution in [2.24, 2.45) is 5.73 Å². The van der Waals surface area contributed by atoms with Gasteiger partial charge in [-0.3, -0.25) is 9.69 Å². The molecule has 0 aliphatic heterocycles. The second-order valence-corrected chi connectivity index (χ2v) is 5.65. The number of nitrogens with zero attached hydrogens (tertiary/aromatic N) is 2. The highest BCUT2D eigenvalue weighted by Gasteiger charge is 2.40. The van der Waals surface area contributed by atoms with Crippen molar-refractivity contribution in [2.45, 2.75) is 37.3 Å². The van der Waals surface area contributed by atoms with Crippen LogP contribution in [0.2, 0.25) is 0 Å². The molecule has 0 aromatic rings. The topological polar surface area (TPSA) is 61.6 Å². The van der Waals surface area contributed by atoms with Gasteiger partial charge in [0, 0.05) is 38.1 Å². The van der Waals surface area contributed by atoms with Crippen LogP contribution in [-0.2, 0) is 4.79 Å². The Labute approximate surface area is 111 Å². The average molecular weight is 256 g/mol. The molecule has 0 spiro atoms. The number of carbonyl (C=O) groups excluding carboxylic acids is 1. The zero-order chi connectivity index (χ0) is 13.8. The summed E-state index contributed by atoms with van der Waals surface area (Å²) in [7, 11) is 8.03. The molecule has 18 heavy (non-hydrogen) atoms. The summed E-state index contributed by atoms with van der Waals surface area (Å²) in [6.45, 7) is 1.51. The monoisotopic (exact) mass is 256 g/mol. The van der Waals surface area contributed by atoms with Gasteiger partial charge in [0.2, 0.25) is 5.91 Å². The second kappa shape index (κ2) is 6.50. The molecular formula is C13H28N4O. The van der Waals surface area contributed by atoms with Crippen molar-refractivity contribution in [3.05, 3.63) is 0 Å². The molecule has 0 saturated heterocycles. The van der Waals surface area contributed by atoms with Crippen LogP contribution in [0.3, 0.4) is 0 Å². The van der Waals surface area contributed by atoms with Crippen molar-refractivity contribution in [1.29, 1.82) is 0 Å². The maximum atomic E-state index is 11.5. The van der Waals surface area contributed by atoms with Crippen LogP contribution in [0.15, 0.2) is 0 Å². The Balaban J connectivity index is 2.56. The lowest BCUT2D eigenvalue weighted by molar-refractivity contribution is -0.122. The highest BCUT2D eigenvalue weighted by molar-refractivity contribution is 5.76. The molecule has 0 aromatic carbocycles. The second-order valence-electron chi connectivity index (χ2n) is 5.65. The quantitative estimate of drug-likeness (QED) is 0.666. The van der Waals surface area contributed by atoms with Crippen molar-refractivity contribution in [3.63, 3.8) is 0 Å². The van der Waals surface area contributed by atoms with E-state index in [0.29, 0.717) is 13.0 Å². The van der Waals surface area contributed by atoms with Gasteiger partial charge in [-0.05, 0) is 40.4 Å². The van der Waals surface area contributed by atoms with Crippen LogP contribution < -0.4 is 11.1 Å². The number of nitrogens with two attached hydrogens (primary N) is 1. The molecule has 1 rings (SSSR count). The van der Waals surface area contributed by atoms with Crippen molar-refractivity contribution < 1.29 is 4.79 Å². The van der Waals surface area contributed by atoms with Gasteiger partial charge in [-0.1, -0.05) is 0 Å². The first-order chi connectivity index (χ1) is 8.45. The predicted octanol–water partition coefficient (Wildman–Crippen LogP) is -0.134. The lowest BCUT2D eigenvalue weighted by atomic mass is 9.75. The number of carbonyl (C=O) groups is 1. The summed E-state index contributed by atoms with van der Waals surface area (Å²) in [6, 6.07) is 0.127. The lowest BCUT2D eigenvalue weighted by Gasteiger charge is -2.50. The molecule has 1 aliphatic rings. The van der Waals surface area contributed by atoms with E-state index in [2.05, 4.69) is 36.3 Å². The van der Waals surface area contributed by atoms with Gasteiger partial charge in [0.05, 0.1) is 0 Å². The maximum absolute atomic E-state index is 11.5. The van der Waals surface area contributed by atoms with E-state index in [1.807, 2.05) is 0 Å². The fraction of sp³-hybridized carbons (Fsp3) is 0.923. The summed E-state index contributed by atoms with van der Waals surface area (Å²) >= 11 is 0. The number of likely N-dealkylation sites (N-methyl/N-ethyl adjacent to an activating group) is 2. The summed E-state index contributed by atoms with van der Waals surface area (Å²) < 4.78 is 0. The first-order valence-electron chi connectivity index (χ1n) is 6.73. The van der Waals surface area contributed by atoms with E-state index >= 15 is 0 Å². The van der Waals surface area contributed by atoms with Gasteiger partial charge in [-0.15, -0.1) is 0 Å². The Morgan fingerprint density at radius 1 is 1.39 bits per heavy atom. The molecule has 0 bridgehead atoms. The van der Waals surface area contributed by atoms with Crippen LogP contribution in [0.25, 0.3) is 0 Å². The Bertz CT molecular complexity index is 276. The Morgan fingerprint density at radius 2 is 2.00 bits per heavy atom. The molecule has 3 N–H and O–H groups in total. The highest BCUT2D eigenvalue weighted by Crippen LogP contribution is 2.36. The van der Waals surface area contributed by atoms with Gasteiger partial charge in [0.1, 0.15) is 0 Å².